The molecule has 0 spiro atoms. The molecule has 1 atom stereocenters. The lowest BCUT2D eigenvalue weighted by molar-refractivity contribution is 0.146. The van der Waals surface area contributed by atoms with Gasteiger partial charge in [0.25, 0.3) is 0 Å². The van der Waals surface area contributed by atoms with E-state index in [4.69, 9.17) is 0 Å². The van der Waals surface area contributed by atoms with Gasteiger partial charge in [-0.3, -0.25) is 4.98 Å². The smallest absolute Gasteiger partial charge is 0.0808 e. The summed E-state index contributed by atoms with van der Waals surface area (Å²) >= 11 is 0. The Kier molecular flexibility index (Phi) is 4.88. The molecule has 2 aromatic rings. The lowest BCUT2D eigenvalue weighted by atomic mass is 10.00. The highest BCUT2D eigenvalue weighted by atomic mass is 16.3. The maximum Gasteiger partial charge on any atom is 0.0808 e. The Balaban J connectivity index is 2.15. The van der Waals surface area contributed by atoms with E-state index < -0.39 is 6.10 Å². The first-order valence-corrected chi connectivity index (χ1v) is 6.99. The van der Waals surface area contributed by atoms with E-state index in [1.807, 2.05) is 30.5 Å². The molecule has 3 nitrogen and oxygen atoms in total. The summed E-state index contributed by atoms with van der Waals surface area (Å²) in [5, 5.41) is 12.6. The lowest BCUT2D eigenvalue weighted by Crippen LogP contribution is -2.25. The maximum atomic E-state index is 10.4. The van der Waals surface area contributed by atoms with E-state index in [1.54, 1.807) is 6.20 Å². The van der Waals surface area contributed by atoms with Crippen molar-refractivity contribution in [2.45, 2.75) is 26.4 Å². The zero-order chi connectivity index (χ0) is 13.7. The van der Waals surface area contributed by atoms with Crippen molar-refractivity contribution in [3.63, 3.8) is 0 Å². The predicted molar refractivity (Wildman–Crippen MR) is 79.1 cm³/mol. The van der Waals surface area contributed by atoms with E-state index in [0.717, 1.165) is 42.4 Å². The minimum Gasteiger partial charge on any atom is -0.388 e. The third-order valence-electron chi connectivity index (χ3n) is 3.69. The van der Waals surface area contributed by atoms with Gasteiger partial charge in [0.05, 0.1) is 6.10 Å². The molecule has 1 heterocycles. The highest BCUT2D eigenvalue weighted by Crippen LogP contribution is 2.25. The standard InChI is InChI=1S/C16H22N2O/c1-3-18(4-2)11-9-16(19)15-7-5-6-13-12-17-10-8-14(13)15/h5-8,10,12,16,19H,3-4,9,11H2,1-2H3. The Labute approximate surface area is 114 Å². The zero-order valence-electron chi connectivity index (χ0n) is 11.7. The summed E-state index contributed by atoms with van der Waals surface area (Å²) in [5.41, 5.74) is 1.01. The Morgan fingerprint density at radius 2 is 2.00 bits per heavy atom. The van der Waals surface area contributed by atoms with Gasteiger partial charge in [0, 0.05) is 24.3 Å². The number of pyridine rings is 1. The average Bonchev–Trinajstić information content (AvgIpc) is 2.47. The molecule has 0 amide bonds. The van der Waals surface area contributed by atoms with Crippen molar-refractivity contribution in [1.82, 2.24) is 9.88 Å². The number of fused-ring (bicyclic) bond motifs is 1. The van der Waals surface area contributed by atoms with E-state index in [-0.39, 0.29) is 0 Å². The lowest BCUT2D eigenvalue weighted by Gasteiger charge is -2.20. The van der Waals surface area contributed by atoms with Crippen molar-refractivity contribution in [2.24, 2.45) is 0 Å². The largest absolute Gasteiger partial charge is 0.388 e. The van der Waals surface area contributed by atoms with Crippen molar-refractivity contribution in [2.75, 3.05) is 19.6 Å². The van der Waals surface area contributed by atoms with Crippen LogP contribution in [0.15, 0.2) is 36.7 Å². The summed E-state index contributed by atoms with van der Waals surface area (Å²) < 4.78 is 0. The minimum atomic E-state index is -0.410. The fourth-order valence-electron chi connectivity index (χ4n) is 2.44. The molecular formula is C16H22N2O. The van der Waals surface area contributed by atoms with Crippen LogP contribution < -0.4 is 0 Å². The molecule has 0 aliphatic carbocycles. The van der Waals surface area contributed by atoms with Crippen LogP contribution in [0.1, 0.15) is 31.9 Å². The van der Waals surface area contributed by atoms with E-state index in [2.05, 4.69) is 23.7 Å². The maximum absolute atomic E-state index is 10.4. The van der Waals surface area contributed by atoms with Crippen LogP contribution in [0.4, 0.5) is 0 Å². The van der Waals surface area contributed by atoms with Crippen LogP contribution in [-0.2, 0) is 0 Å². The number of rotatable bonds is 6. The third-order valence-corrected chi connectivity index (χ3v) is 3.69. The quantitative estimate of drug-likeness (QED) is 0.865. The van der Waals surface area contributed by atoms with Gasteiger partial charge in [0.15, 0.2) is 0 Å². The number of hydrogen-bond donors (Lipinski definition) is 1. The summed E-state index contributed by atoms with van der Waals surface area (Å²) in [5.74, 6) is 0. The third kappa shape index (κ3) is 3.31. The monoisotopic (exact) mass is 258 g/mol. The van der Waals surface area contributed by atoms with Gasteiger partial charge in [0.1, 0.15) is 0 Å². The molecule has 1 unspecified atom stereocenters. The fraction of sp³-hybridized carbons (Fsp3) is 0.438. The fourth-order valence-corrected chi connectivity index (χ4v) is 2.44. The second-order valence-electron chi connectivity index (χ2n) is 4.78. The molecule has 1 aromatic carbocycles. The number of hydrogen-bond acceptors (Lipinski definition) is 3. The van der Waals surface area contributed by atoms with Crippen molar-refractivity contribution in [3.05, 3.63) is 42.2 Å². The van der Waals surface area contributed by atoms with Gasteiger partial charge in [0.2, 0.25) is 0 Å². The predicted octanol–water partition coefficient (Wildman–Crippen LogP) is 3.00. The molecule has 0 aliphatic heterocycles. The number of nitrogens with zero attached hydrogens (tertiary/aromatic N) is 2. The van der Waals surface area contributed by atoms with Gasteiger partial charge >= 0.3 is 0 Å². The SMILES string of the molecule is CCN(CC)CCC(O)c1cccc2cnccc12. The van der Waals surface area contributed by atoms with Gasteiger partial charge in [-0.1, -0.05) is 32.0 Å². The van der Waals surface area contributed by atoms with Crippen LogP contribution in [0, 0.1) is 0 Å². The minimum absolute atomic E-state index is 0.410. The van der Waals surface area contributed by atoms with Crippen LogP contribution in [0.2, 0.25) is 0 Å². The van der Waals surface area contributed by atoms with Crippen LogP contribution in [0.25, 0.3) is 10.8 Å². The summed E-state index contributed by atoms with van der Waals surface area (Å²) in [7, 11) is 0. The molecule has 0 aliphatic rings. The van der Waals surface area contributed by atoms with E-state index in [1.165, 1.54) is 0 Å². The highest BCUT2D eigenvalue weighted by Gasteiger charge is 2.12. The van der Waals surface area contributed by atoms with Crippen LogP contribution in [-0.4, -0.2) is 34.6 Å². The van der Waals surface area contributed by atoms with Crippen molar-refractivity contribution in [1.29, 1.82) is 0 Å². The van der Waals surface area contributed by atoms with E-state index in [9.17, 15) is 5.11 Å². The number of benzene rings is 1. The molecule has 0 bridgehead atoms. The molecule has 0 fully saturated rings. The summed E-state index contributed by atoms with van der Waals surface area (Å²) in [6.45, 7) is 7.29. The Hall–Kier alpha value is -1.45. The topological polar surface area (TPSA) is 36.4 Å². The summed E-state index contributed by atoms with van der Waals surface area (Å²) in [6.07, 6.45) is 3.98. The highest BCUT2D eigenvalue weighted by molar-refractivity contribution is 5.85. The number of aromatic nitrogens is 1. The molecule has 19 heavy (non-hydrogen) atoms. The number of aliphatic hydroxyl groups excluding tert-OH is 1. The summed E-state index contributed by atoms with van der Waals surface area (Å²) in [4.78, 5) is 6.45. The molecule has 3 heteroatoms. The molecule has 0 radical (unpaired) electrons. The van der Waals surface area contributed by atoms with Gasteiger partial charge in [-0.15, -0.1) is 0 Å². The van der Waals surface area contributed by atoms with Crippen molar-refractivity contribution < 1.29 is 5.11 Å². The number of aliphatic hydroxyl groups is 1. The molecule has 1 aromatic heterocycles. The Bertz CT molecular complexity index is 518. The molecule has 1 N–H and O–H groups in total. The Morgan fingerprint density at radius 1 is 1.21 bits per heavy atom. The van der Waals surface area contributed by atoms with Crippen LogP contribution >= 0.6 is 0 Å². The van der Waals surface area contributed by atoms with E-state index in [0.29, 0.717) is 0 Å². The second kappa shape index (κ2) is 6.64. The van der Waals surface area contributed by atoms with Gasteiger partial charge in [-0.05, 0) is 36.5 Å². The molecular weight excluding hydrogens is 236 g/mol. The van der Waals surface area contributed by atoms with Gasteiger partial charge in [-0.25, -0.2) is 0 Å². The molecule has 0 saturated carbocycles. The first-order chi connectivity index (χ1) is 9.26. The van der Waals surface area contributed by atoms with Crippen LogP contribution in [0.3, 0.4) is 0 Å². The second-order valence-corrected chi connectivity index (χ2v) is 4.78. The van der Waals surface area contributed by atoms with Crippen molar-refractivity contribution in [3.8, 4) is 0 Å². The molecule has 0 saturated heterocycles. The normalized spacial score (nSPS) is 13.1. The molecule has 2 rings (SSSR count). The molecule has 102 valence electrons. The van der Waals surface area contributed by atoms with Gasteiger partial charge < -0.3 is 10.0 Å². The van der Waals surface area contributed by atoms with Crippen molar-refractivity contribution >= 4 is 10.8 Å². The zero-order valence-corrected chi connectivity index (χ0v) is 11.7. The first-order valence-electron chi connectivity index (χ1n) is 6.99. The Morgan fingerprint density at radius 3 is 2.74 bits per heavy atom. The first kappa shape index (κ1) is 14.0. The van der Waals surface area contributed by atoms with Gasteiger partial charge in [-0.2, -0.15) is 0 Å². The van der Waals surface area contributed by atoms with Crippen LogP contribution in [0.5, 0.6) is 0 Å². The average molecular weight is 258 g/mol. The summed E-state index contributed by atoms with van der Waals surface area (Å²) in [6, 6.07) is 8.00. The van der Waals surface area contributed by atoms with E-state index >= 15 is 0 Å².